The molecule has 0 saturated heterocycles. The smallest absolute Gasteiger partial charge is 0.406 e. The molecule has 0 saturated carbocycles. The Morgan fingerprint density at radius 2 is 1.85 bits per heavy atom. The summed E-state index contributed by atoms with van der Waals surface area (Å²) in [5, 5.41) is 8.17. The molecule has 8 nitrogen and oxygen atoms in total. The Morgan fingerprint density at radius 1 is 1.06 bits per heavy atom. The van der Waals surface area contributed by atoms with Crippen molar-refractivity contribution in [1.29, 1.82) is 0 Å². The van der Waals surface area contributed by atoms with Crippen molar-refractivity contribution in [3.63, 3.8) is 0 Å². The lowest BCUT2D eigenvalue weighted by Crippen LogP contribution is -2.17. The van der Waals surface area contributed by atoms with Gasteiger partial charge in [-0.2, -0.15) is 9.50 Å². The molecule has 0 spiro atoms. The van der Waals surface area contributed by atoms with Gasteiger partial charge in [0.05, 0.1) is 16.8 Å². The van der Waals surface area contributed by atoms with Gasteiger partial charge >= 0.3 is 6.36 Å². The van der Waals surface area contributed by atoms with Gasteiger partial charge in [0.1, 0.15) is 17.4 Å². The van der Waals surface area contributed by atoms with E-state index in [1.54, 1.807) is 10.6 Å². The number of aryl methyl sites for hydroxylation is 1. The van der Waals surface area contributed by atoms with E-state index < -0.39 is 6.36 Å². The van der Waals surface area contributed by atoms with Crippen LogP contribution in [0.25, 0.3) is 16.8 Å². The third-order valence-electron chi connectivity index (χ3n) is 4.56. The quantitative estimate of drug-likeness (QED) is 0.327. The summed E-state index contributed by atoms with van der Waals surface area (Å²) in [6.07, 6.45) is -4.74. The molecule has 3 heterocycles. The van der Waals surface area contributed by atoms with Crippen LogP contribution in [0.5, 0.6) is 5.75 Å². The molecule has 0 radical (unpaired) electrons. The predicted molar refractivity (Wildman–Crippen MR) is 118 cm³/mol. The highest BCUT2D eigenvalue weighted by Gasteiger charge is 2.31. The van der Waals surface area contributed by atoms with Gasteiger partial charge in [0, 0.05) is 17.4 Å². The fraction of sp³-hybridized carbons (Fsp3) is 0.143. The van der Waals surface area contributed by atoms with E-state index in [1.807, 2.05) is 31.2 Å². The van der Waals surface area contributed by atoms with Gasteiger partial charge in [0.15, 0.2) is 0 Å². The van der Waals surface area contributed by atoms with Crippen molar-refractivity contribution in [1.82, 2.24) is 29.5 Å². The number of para-hydroxylation sites is 2. The number of alkyl halides is 3. The molecule has 2 N–H and O–H groups in total. The van der Waals surface area contributed by atoms with Crippen LogP contribution >= 0.6 is 11.8 Å². The Kier molecular flexibility index (Phi) is 5.29. The van der Waals surface area contributed by atoms with Gasteiger partial charge in [0.25, 0.3) is 5.78 Å². The lowest BCUT2D eigenvalue weighted by Gasteiger charge is -2.11. The second-order valence-corrected chi connectivity index (χ2v) is 8.02. The number of imidazole rings is 1. The molecule has 5 rings (SSSR count). The standard InChI is InChI=1S/C21H16F3N7OS/c1-12-10-18(26-13-6-8-14(9-7-13)32-21(22,23)24)31-19(25-12)29-20(30-31)33-11-17-27-15-4-2-3-5-16(15)28-17/h2-10,26H,11H2,1H3,(H,27,28). The average molecular weight is 471 g/mol. The van der Waals surface area contributed by atoms with E-state index in [2.05, 4.69) is 35.1 Å². The van der Waals surface area contributed by atoms with Crippen LogP contribution in [-0.2, 0) is 5.75 Å². The first-order valence-electron chi connectivity index (χ1n) is 9.76. The van der Waals surface area contributed by atoms with Crippen molar-refractivity contribution in [2.75, 3.05) is 5.32 Å². The number of H-pyrrole nitrogens is 1. The summed E-state index contributed by atoms with van der Waals surface area (Å²) < 4.78 is 42.5. The Morgan fingerprint density at radius 3 is 2.61 bits per heavy atom. The maximum absolute atomic E-state index is 12.4. The van der Waals surface area contributed by atoms with E-state index in [1.165, 1.54) is 36.0 Å². The second-order valence-electron chi connectivity index (χ2n) is 7.08. The zero-order valence-corrected chi connectivity index (χ0v) is 17.9. The minimum Gasteiger partial charge on any atom is -0.406 e. The topological polar surface area (TPSA) is 93.0 Å². The third-order valence-corrected chi connectivity index (χ3v) is 5.41. The van der Waals surface area contributed by atoms with Gasteiger partial charge in [-0.1, -0.05) is 23.9 Å². The minimum absolute atomic E-state index is 0.297. The SMILES string of the molecule is Cc1cc(Nc2ccc(OC(F)(F)F)cc2)n2nc(SCc3nc4ccccc4[nH]3)nc2n1. The molecule has 0 bridgehead atoms. The molecule has 0 unspecified atom stereocenters. The van der Waals surface area contributed by atoms with Crippen LogP contribution in [0.4, 0.5) is 24.7 Å². The van der Waals surface area contributed by atoms with Crippen molar-refractivity contribution in [3.05, 3.63) is 66.1 Å². The maximum atomic E-state index is 12.4. The summed E-state index contributed by atoms with van der Waals surface area (Å²) in [6, 6.07) is 15.0. The summed E-state index contributed by atoms with van der Waals surface area (Å²) in [6.45, 7) is 1.82. The molecular formula is C21H16F3N7OS. The number of benzene rings is 2. The van der Waals surface area contributed by atoms with Crippen LogP contribution < -0.4 is 10.1 Å². The summed E-state index contributed by atoms with van der Waals surface area (Å²) in [5.41, 5.74) is 3.13. The van der Waals surface area contributed by atoms with Crippen molar-refractivity contribution < 1.29 is 17.9 Å². The molecule has 0 fully saturated rings. The summed E-state index contributed by atoms with van der Waals surface area (Å²) >= 11 is 1.41. The Bertz CT molecular complexity index is 1400. The number of rotatable bonds is 6. The lowest BCUT2D eigenvalue weighted by molar-refractivity contribution is -0.274. The number of aromatic amines is 1. The number of thioether (sulfide) groups is 1. The zero-order chi connectivity index (χ0) is 23.0. The maximum Gasteiger partial charge on any atom is 0.573 e. The van der Waals surface area contributed by atoms with Gasteiger partial charge in [-0.15, -0.1) is 18.3 Å². The monoisotopic (exact) mass is 471 g/mol. The zero-order valence-electron chi connectivity index (χ0n) is 17.1. The normalized spacial score (nSPS) is 11.9. The number of ether oxygens (including phenoxy) is 1. The Hall–Kier alpha value is -3.80. The molecule has 0 aliphatic carbocycles. The predicted octanol–water partition coefficient (Wildman–Crippen LogP) is 5.24. The number of halogens is 3. The highest BCUT2D eigenvalue weighted by molar-refractivity contribution is 7.98. The molecule has 33 heavy (non-hydrogen) atoms. The summed E-state index contributed by atoms with van der Waals surface area (Å²) in [5.74, 6) is 2.04. The van der Waals surface area contributed by atoms with E-state index in [-0.39, 0.29) is 5.75 Å². The van der Waals surface area contributed by atoms with Crippen LogP contribution in [0, 0.1) is 6.92 Å². The molecule has 0 aliphatic heterocycles. The van der Waals surface area contributed by atoms with Crippen molar-refractivity contribution in [3.8, 4) is 5.75 Å². The average Bonchev–Trinajstić information content (AvgIpc) is 3.36. The minimum atomic E-state index is -4.74. The first-order chi connectivity index (χ1) is 15.8. The molecule has 168 valence electrons. The Balaban J connectivity index is 1.35. The van der Waals surface area contributed by atoms with Crippen molar-refractivity contribution >= 4 is 40.1 Å². The van der Waals surface area contributed by atoms with Crippen LogP contribution in [-0.4, -0.2) is 35.9 Å². The van der Waals surface area contributed by atoms with Gasteiger partial charge in [0.2, 0.25) is 5.16 Å². The number of hydrogen-bond donors (Lipinski definition) is 2. The first kappa shape index (κ1) is 21.1. The summed E-state index contributed by atoms with van der Waals surface area (Å²) in [4.78, 5) is 16.7. The number of aromatic nitrogens is 6. The van der Waals surface area contributed by atoms with Crippen LogP contribution in [0.15, 0.2) is 59.8 Å². The fourth-order valence-corrected chi connectivity index (χ4v) is 3.90. The van der Waals surface area contributed by atoms with E-state index in [0.29, 0.717) is 33.9 Å². The molecule has 2 aromatic carbocycles. The van der Waals surface area contributed by atoms with Crippen molar-refractivity contribution in [2.24, 2.45) is 0 Å². The largest absolute Gasteiger partial charge is 0.573 e. The second kappa shape index (κ2) is 8.28. The number of nitrogens with one attached hydrogen (secondary N) is 2. The Labute approximate surface area is 189 Å². The number of anilines is 2. The molecule has 3 aromatic heterocycles. The van der Waals surface area contributed by atoms with Crippen LogP contribution in [0.2, 0.25) is 0 Å². The van der Waals surface area contributed by atoms with Crippen LogP contribution in [0.1, 0.15) is 11.5 Å². The fourth-order valence-electron chi connectivity index (χ4n) is 3.21. The molecule has 12 heteroatoms. The van der Waals surface area contributed by atoms with Crippen molar-refractivity contribution in [2.45, 2.75) is 24.2 Å². The third kappa shape index (κ3) is 4.85. The van der Waals surface area contributed by atoms with E-state index in [4.69, 9.17) is 0 Å². The molecular weight excluding hydrogens is 455 g/mol. The highest BCUT2D eigenvalue weighted by atomic mass is 32.2. The van der Waals surface area contributed by atoms with Gasteiger partial charge < -0.3 is 15.0 Å². The van der Waals surface area contributed by atoms with Crippen LogP contribution in [0.3, 0.4) is 0 Å². The molecule has 0 amide bonds. The van der Waals surface area contributed by atoms with Gasteiger partial charge in [-0.3, -0.25) is 0 Å². The molecule has 0 atom stereocenters. The highest BCUT2D eigenvalue weighted by Crippen LogP contribution is 2.26. The van der Waals surface area contributed by atoms with Gasteiger partial charge in [-0.25, -0.2) is 9.97 Å². The number of fused-ring (bicyclic) bond motifs is 2. The van der Waals surface area contributed by atoms with E-state index in [0.717, 1.165) is 16.9 Å². The van der Waals surface area contributed by atoms with E-state index in [9.17, 15) is 13.2 Å². The first-order valence-corrected chi connectivity index (χ1v) is 10.7. The molecule has 0 aliphatic rings. The number of nitrogens with zero attached hydrogens (tertiary/aromatic N) is 5. The molecule has 5 aromatic rings. The van der Waals surface area contributed by atoms with Gasteiger partial charge in [-0.05, 0) is 43.3 Å². The summed E-state index contributed by atoms with van der Waals surface area (Å²) in [7, 11) is 0. The lowest BCUT2D eigenvalue weighted by atomic mass is 10.3. The number of hydrogen-bond acceptors (Lipinski definition) is 7. The van der Waals surface area contributed by atoms with E-state index >= 15 is 0 Å².